The molecule has 196 valence electrons. The molecule has 8 atom stereocenters. The Bertz CT molecular complexity index is 724. The smallest absolute Gasteiger partial charge is 0.305 e. The Hall–Kier alpha value is -0.830. The van der Waals surface area contributed by atoms with Gasteiger partial charge in [-0.2, -0.15) is 0 Å². The number of carboxylic acids is 1. The van der Waals surface area contributed by atoms with Crippen LogP contribution in [0.15, 0.2) is 11.6 Å². The fraction of sp³-hybridized carbons (Fsp3) is 0.903. The summed E-state index contributed by atoms with van der Waals surface area (Å²) in [6.45, 7) is 15.9. The maximum absolute atomic E-state index is 10.2. The second-order valence-electron chi connectivity index (χ2n) is 13.7. The van der Waals surface area contributed by atoms with Gasteiger partial charge < -0.3 is 10.2 Å². The molecular weight excluding hydrogens is 420 g/mol. The van der Waals surface area contributed by atoms with Crippen LogP contribution in [0.1, 0.15) is 119 Å². The summed E-state index contributed by atoms with van der Waals surface area (Å²) in [5, 5.41) is 18.2. The largest absolute Gasteiger partial charge is 0.481 e. The van der Waals surface area contributed by atoms with E-state index in [9.17, 15) is 9.90 Å². The van der Waals surface area contributed by atoms with Gasteiger partial charge in [0.2, 0.25) is 0 Å². The highest BCUT2D eigenvalue weighted by atomic mass is 16.4. The van der Waals surface area contributed by atoms with Crippen LogP contribution in [0.25, 0.3) is 0 Å². The zero-order valence-electron chi connectivity index (χ0n) is 23.3. The van der Waals surface area contributed by atoms with Crippen molar-refractivity contribution in [1.82, 2.24) is 0 Å². The Labute approximate surface area is 210 Å². The molecule has 0 amide bonds. The van der Waals surface area contributed by atoms with Crippen LogP contribution >= 0.6 is 0 Å². The Morgan fingerprint density at radius 3 is 2.29 bits per heavy atom. The van der Waals surface area contributed by atoms with Crippen LogP contribution in [0.5, 0.6) is 0 Å². The van der Waals surface area contributed by atoms with Gasteiger partial charge >= 0.3 is 5.97 Å². The summed E-state index contributed by atoms with van der Waals surface area (Å²) in [6.07, 6.45) is 17.2. The van der Waals surface area contributed by atoms with Gasteiger partial charge in [0.15, 0.2) is 0 Å². The zero-order chi connectivity index (χ0) is 25.3. The Balaban J connectivity index is 0.000000481. The minimum atomic E-state index is -0.741. The number of allylic oxidation sites excluding steroid dienone is 1. The van der Waals surface area contributed by atoms with Crippen LogP contribution in [-0.4, -0.2) is 22.3 Å². The third-order valence-corrected chi connectivity index (χ3v) is 10.8. The number of aliphatic hydroxyl groups is 1. The summed E-state index contributed by atoms with van der Waals surface area (Å²) in [5.41, 5.74) is 2.60. The molecule has 0 aromatic carbocycles. The summed E-state index contributed by atoms with van der Waals surface area (Å²) in [4.78, 5) is 9.70. The van der Waals surface area contributed by atoms with E-state index in [0.29, 0.717) is 10.8 Å². The van der Waals surface area contributed by atoms with Gasteiger partial charge in [-0.15, -0.1) is 0 Å². The molecule has 4 aliphatic carbocycles. The zero-order valence-corrected chi connectivity index (χ0v) is 23.3. The number of aliphatic carboxylic acids is 1. The number of carboxylic acid groups (broad SMARTS) is 1. The molecule has 3 saturated carbocycles. The minimum absolute atomic E-state index is 0.0766. The summed E-state index contributed by atoms with van der Waals surface area (Å²) in [6, 6.07) is 0. The van der Waals surface area contributed by atoms with Crippen LogP contribution in [0.4, 0.5) is 0 Å². The van der Waals surface area contributed by atoms with Gasteiger partial charge in [-0.1, -0.05) is 79.4 Å². The fourth-order valence-corrected chi connectivity index (χ4v) is 8.67. The van der Waals surface area contributed by atoms with Crippen molar-refractivity contribution < 1.29 is 15.0 Å². The Morgan fingerprint density at radius 2 is 1.68 bits per heavy atom. The van der Waals surface area contributed by atoms with Gasteiger partial charge in [-0.05, 0) is 97.7 Å². The molecule has 0 radical (unpaired) electrons. The van der Waals surface area contributed by atoms with Crippen LogP contribution < -0.4 is 0 Å². The van der Waals surface area contributed by atoms with E-state index in [1.807, 2.05) is 0 Å². The highest BCUT2D eigenvalue weighted by Crippen LogP contribution is 2.67. The number of rotatable bonds is 6. The number of fused-ring (bicyclic) bond motifs is 5. The first-order chi connectivity index (χ1) is 15.9. The lowest BCUT2D eigenvalue weighted by Gasteiger charge is -2.58. The molecule has 3 heteroatoms. The molecule has 0 aromatic heterocycles. The molecule has 0 saturated heterocycles. The molecule has 4 rings (SSSR count). The molecule has 0 heterocycles. The van der Waals surface area contributed by atoms with E-state index in [0.717, 1.165) is 48.3 Å². The van der Waals surface area contributed by atoms with E-state index in [-0.39, 0.29) is 12.0 Å². The minimum Gasteiger partial charge on any atom is -0.481 e. The van der Waals surface area contributed by atoms with Crippen molar-refractivity contribution in [3.63, 3.8) is 0 Å². The first kappa shape index (κ1) is 27.8. The lowest BCUT2D eigenvalue weighted by Crippen LogP contribution is -2.50. The lowest BCUT2D eigenvalue weighted by molar-refractivity contribution is -0.140. The molecule has 3 nitrogen and oxygen atoms in total. The van der Waals surface area contributed by atoms with Crippen molar-refractivity contribution in [3.8, 4) is 0 Å². The van der Waals surface area contributed by atoms with Crippen molar-refractivity contribution >= 4 is 5.97 Å². The van der Waals surface area contributed by atoms with Gasteiger partial charge in [-0.3, -0.25) is 4.79 Å². The van der Waals surface area contributed by atoms with Gasteiger partial charge in [0.05, 0.1) is 12.0 Å². The first-order valence-electron chi connectivity index (χ1n) is 14.5. The van der Waals surface area contributed by atoms with E-state index in [1.165, 1.54) is 57.8 Å². The number of hydrogen-bond acceptors (Lipinski definition) is 2. The molecule has 0 aliphatic heterocycles. The molecule has 34 heavy (non-hydrogen) atoms. The number of hydrogen-bond donors (Lipinski definition) is 2. The van der Waals surface area contributed by atoms with Crippen molar-refractivity contribution in [2.24, 2.45) is 52.3 Å². The van der Waals surface area contributed by atoms with Crippen molar-refractivity contribution in [2.75, 3.05) is 0 Å². The molecule has 4 aliphatic rings. The van der Waals surface area contributed by atoms with Crippen LogP contribution in [0.2, 0.25) is 0 Å². The number of carbonyl (C=O) groups is 1. The van der Waals surface area contributed by atoms with Crippen LogP contribution in [0.3, 0.4) is 0 Å². The Kier molecular flexibility index (Phi) is 9.02. The van der Waals surface area contributed by atoms with E-state index in [4.69, 9.17) is 5.11 Å². The lowest BCUT2D eigenvalue weighted by atomic mass is 9.47. The van der Waals surface area contributed by atoms with Crippen molar-refractivity contribution in [2.45, 2.75) is 125 Å². The molecule has 0 spiro atoms. The van der Waals surface area contributed by atoms with Gasteiger partial charge in [0, 0.05) is 0 Å². The van der Waals surface area contributed by atoms with E-state index in [1.54, 1.807) is 19.4 Å². The SMILES string of the molecule is CC(C)C(=O)O.CC(C)CCCC(C)[C@H]1CC[C@H]2[C@@H]3CC=C4C[C@@H](O)CC[C@]4(C)[C@H]3CC[C@]12C. The predicted molar refractivity (Wildman–Crippen MR) is 142 cm³/mol. The maximum Gasteiger partial charge on any atom is 0.305 e. The molecule has 0 bridgehead atoms. The van der Waals surface area contributed by atoms with Crippen molar-refractivity contribution in [3.05, 3.63) is 11.6 Å². The second kappa shape index (κ2) is 11.1. The third-order valence-electron chi connectivity index (χ3n) is 10.8. The standard InChI is InChI=1S/C27H46O.C4H8O2/c1-18(2)7-6-8-19(3)23-11-12-24-22-10-9-20-17-21(28)13-15-26(20,4)25(22)14-16-27(23,24)5;1-3(2)4(5)6/h9,18-19,21-25,28H,6-8,10-17H2,1-5H3;3H,1-2H3,(H,5,6)/t19?,21-,22-,23+,24-,25-,26-,27+;/m0./s1. The van der Waals surface area contributed by atoms with E-state index < -0.39 is 5.97 Å². The molecule has 0 aromatic rings. The maximum atomic E-state index is 10.2. The van der Waals surface area contributed by atoms with Gasteiger partial charge in [0.1, 0.15) is 0 Å². The summed E-state index contributed by atoms with van der Waals surface area (Å²) in [5.74, 6) is 4.49. The average Bonchev–Trinajstić information content (AvgIpc) is 3.11. The van der Waals surface area contributed by atoms with Crippen LogP contribution in [-0.2, 0) is 4.79 Å². The molecular formula is C31H54O3. The normalized spacial score (nSPS) is 39.9. The van der Waals surface area contributed by atoms with E-state index >= 15 is 0 Å². The van der Waals surface area contributed by atoms with E-state index in [2.05, 4.69) is 40.7 Å². The Morgan fingerprint density at radius 1 is 1.00 bits per heavy atom. The predicted octanol–water partition coefficient (Wildman–Crippen LogP) is 8.12. The van der Waals surface area contributed by atoms with Gasteiger partial charge in [-0.25, -0.2) is 0 Å². The summed E-state index contributed by atoms with van der Waals surface area (Å²) in [7, 11) is 0. The topological polar surface area (TPSA) is 57.5 Å². The van der Waals surface area contributed by atoms with Crippen molar-refractivity contribution in [1.29, 1.82) is 0 Å². The summed E-state index contributed by atoms with van der Waals surface area (Å²) >= 11 is 0. The summed E-state index contributed by atoms with van der Waals surface area (Å²) < 4.78 is 0. The third kappa shape index (κ3) is 5.60. The molecule has 3 fully saturated rings. The fourth-order valence-electron chi connectivity index (χ4n) is 8.67. The monoisotopic (exact) mass is 474 g/mol. The van der Waals surface area contributed by atoms with Gasteiger partial charge in [0.25, 0.3) is 0 Å². The molecule has 1 unspecified atom stereocenters. The van der Waals surface area contributed by atoms with Crippen LogP contribution in [0, 0.1) is 52.3 Å². The highest BCUT2D eigenvalue weighted by Gasteiger charge is 2.59. The first-order valence-corrected chi connectivity index (χ1v) is 14.5. The quantitative estimate of drug-likeness (QED) is 0.382. The average molecular weight is 475 g/mol. The molecule has 2 N–H and O–H groups in total. The highest BCUT2D eigenvalue weighted by molar-refractivity contribution is 5.68. The number of aliphatic hydroxyl groups excluding tert-OH is 1. The second-order valence-corrected chi connectivity index (χ2v) is 13.7.